The zero-order valence-electron chi connectivity index (χ0n) is 15.3. The molecule has 3 heterocycles. The Labute approximate surface area is 157 Å². The van der Waals surface area contributed by atoms with Crippen molar-refractivity contribution in [3.05, 3.63) is 46.8 Å². The van der Waals surface area contributed by atoms with Crippen LogP contribution in [0.4, 0.5) is 0 Å². The van der Waals surface area contributed by atoms with Gasteiger partial charge in [-0.2, -0.15) is 5.10 Å². The molecule has 1 unspecified atom stereocenters. The SMILES string of the molecule is COc1ccccc1-c1ccc(=O)n(C2CN(C(=O)C3CCCCO3)C2)n1. The van der Waals surface area contributed by atoms with E-state index in [1.54, 1.807) is 18.1 Å². The summed E-state index contributed by atoms with van der Waals surface area (Å²) in [5.74, 6) is 0.731. The Morgan fingerprint density at radius 2 is 2.00 bits per heavy atom. The van der Waals surface area contributed by atoms with E-state index in [-0.39, 0.29) is 23.6 Å². The van der Waals surface area contributed by atoms with Gasteiger partial charge >= 0.3 is 0 Å². The molecule has 1 aromatic carbocycles. The number of benzene rings is 1. The van der Waals surface area contributed by atoms with Gasteiger partial charge in [-0.15, -0.1) is 0 Å². The fourth-order valence-corrected chi connectivity index (χ4v) is 3.62. The van der Waals surface area contributed by atoms with Crippen LogP contribution in [-0.4, -0.2) is 53.5 Å². The van der Waals surface area contributed by atoms with Crippen molar-refractivity contribution in [2.24, 2.45) is 0 Å². The second kappa shape index (κ2) is 7.52. The molecule has 0 N–H and O–H groups in total. The Balaban J connectivity index is 1.50. The number of carbonyl (C=O) groups is 1. The van der Waals surface area contributed by atoms with E-state index in [4.69, 9.17) is 9.47 Å². The molecular formula is C20H23N3O4. The Hall–Kier alpha value is -2.67. The maximum Gasteiger partial charge on any atom is 0.267 e. The maximum atomic E-state index is 12.5. The normalized spacial score (nSPS) is 20.2. The van der Waals surface area contributed by atoms with E-state index in [9.17, 15) is 9.59 Å². The van der Waals surface area contributed by atoms with Crippen molar-refractivity contribution in [3.63, 3.8) is 0 Å². The number of para-hydroxylation sites is 1. The minimum Gasteiger partial charge on any atom is -0.496 e. The van der Waals surface area contributed by atoms with Gasteiger partial charge in [0.05, 0.1) is 18.8 Å². The van der Waals surface area contributed by atoms with Crippen LogP contribution >= 0.6 is 0 Å². The summed E-state index contributed by atoms with van der Waals surface area (Å²) in [6, 6.07) is 10.7. The molecule has 1 aromatic heterocycles. The number of amides is 1. The first-order valence-electron chi connectivity index (χ1n) is 9.31. The molecule has 1 amide bonds. The fraction of sp³-hybridized carbons (Fsp3) is 0.450. The molecule has 0 spiro atoms. The summed E-state index contributed by atoms with van der Waals surface area (Å²) in [4.78, 5) is 26.6. The highest BCUT2D eigenvalue weighted by Gasteiger charge is 2.37. The van der Waals surface area contributed by atoms with Crippen molar-refractivity contribution >= 4 is 5.91 Å². The monoisotopic (exact) mass is 369 g/mol. The minimum absolute atomic E-state index is 0.0277. The van der Waals surface area contributed by atoms with Crippen molar-refractivity contribution in [2.75, 3.05) is 26.8 Å². The highest BCUT2D eigenvalue weighted by molar-refractivity contribution is 5.81. The molecule has 2 saturated heterocycles. The van der Waals surface area contributed by atoms with Gasteiger partial charge in [-0.1, -0.05) is 12.1 Å². The third-order valence-corrected chi connectivity index (χ3v) is 5.18. The van der Waals surface area contributed by atoms with E-state index in [1.165, 1.54) is 10.7 Å². The van der Waals surface area contributed by atoms with Gasteiger partial charge in [0.25, 0.3) is 11.5 Å². The van der Waals surface area contributed by atoms with Crippen LogP contribution in [0, 0.1) is 0 Å². The maximum absolute atomic E-state index is 12.5. The smallest absolute Gasteiger partial charge is 0.267 e. The van der Waals surface area contributed by atoms with E-state index in [2.05, 4.69) is 5.10 Å². The van der Waals surface area contributed by atoms with Gasteiger partial charge in [0, 0.05) is 31.3 Å². The molecule has 0 aliphatic carbocycles. The highest BCUT2D eigenvalue weighted by Crippen LogP contribution is 2.28. The van der Waals surface area contributed by atoms with Gasteiger partial charge in [0.1, 0.15) is 11.9 Å². The molecule has 7 heteroatoms. The third kappa shape index (κ3) is 3.47. The number of rotatable bonds is 4. The lowest BCUT2D eigenvalue weighted by Gasteiger charge is -2.41. The lowest BCUT2D eigenvalue weighted by molar-refractivity contribution is -0.152. The zero-order chi connectivity index (χ0) is 18.8. The molecule has 27 heavy (non-hydrogen) atoms. The summed E-state index contributed by atoms with van der Waals surface area (Å²) >= 11 is 0. The molecule has 2 aliphatic rings. The predicted molar refractivity (Wildman–Crippen MR) is 99.7 cm³/mol. The van der Waals surface area contributed by atoms with Crippen LogP contribution in [-0.2, 0) is 9.53 Å². The Morgan fingerprint density at radius 3 is 2.74 bits per heavy atom. The highest BCUT2D eigenvalue weighted by atomic mass is 16.5. The van der Waals surface area contributed by atoms with Crippen molar-refractivity contribution in [1.29, 1.82) is 0 Å². The number of hydrogen-bond acceptors (Lipinski definition) is 5. The summed E-state index contributed by atoms with van der Waals surface area (Å²) in [5.41, 5.74) is 1.34. The largest absolute Gasteiger partial charge is 0.496 e. The van der Waals surface area contributed by atoms with E-state index < -0.39 is 0 Å². The summed E-state index contributed by atoms with van der Waals surface area (Å²) in [5, 5.41) is 4.53. The number of aromatic nitrogens is 2. The van der Waals surface area contributed by atoms with Crippen LogP contribution in [0.3, 0.4) is 0 Å². The Bertz CT molecular complexity index is 883. The summed E-state index contributed by atoms with van der Waals surface area (Å²) in [6.45, 7) is 1.62. The van der Waals surface area contributed by atoms with E-state index >= 15 is 0 Å². The number of methoxy groups -OCH3 is 1. The zero-order valence-corrected chi connectivity index (χ0v) is 15.3. The van der Waals surface area contributed by atoms with Gasteiger partial charge in [0.2, 0.25) is 0 Å². The lowest BCUT2D eigenvalue weighted by atomic mass is 10.0. The molecule has 0 radical (unpaired) electrons. The molecule has 0 saturated carbocycles. The number of carbonyl (C=O) groups excluding carboxylic acids is 1. The minimum atomic E-state index is -0.329. The van der Waals surface area contributed by atoms with Crippen LogP contribution in [0.15, 0.2) is 41.2 Å². The van der Waals surface area contributed by atoms with Gasteiger partial charge in [-0.25, -0.2) is 4.68 Å². The summed E-state index contributed by atoms with van der Waals surface area (Å²) in [7, 11) is 1.61. The predicted octanol–water partition coefficient (Wildman–Crippen LogP) is 1.87. The van der Waals surface area contributed by atoms with Gasteiger partial charge < -0.3 is 14.4 Å². The van der Waals surface area contributed by atoms with Gasteiger partial charge in [0.15, 0.2) is 0 Å². The third-order valence-electron chi connectivity index (χ3n) is 5.18. The number of nitrogens with zero attached hydrogens (tertiary/aromatic N) is 3. The van der Waals surface area contributed by atoms with Crippen LogP contribution in [0.25, 0.3) is 11.3 Å². The van der Waals surface area contributed by atoms with Crippen LogP contribution in [0.2, 0.25) is 0 Å². The molecular weight excluding hydrogens is 346 g/mol. The van der Waals surface area contributed by atoms with Crippen LogP contribution in [0.5, 0.6) is 5.75 Å². The fourth-order valence-electron chi connectivity index (χ4n) is 3.62. The van der Waals surface area contributed by atoms with Gasteiger partial charge in [-0.05, 0) is 37.5 Å². The molecule has 1 atom stereocenters. The first-order valence-corrected chi connectivity index (χ1v) is 9.31. The molecule has 4 rings (SSSR count). The van der Waals surface area contributed by atoms with E-state index in [1.807, 2.05) is 24.3 Å². The standard InChI is InChI=1S/C20H23N3O4/c1-26-17-7-3-2-6-15(17)16-9-10-19(24)23(21-16)14-12-22(13-14)20(25)18-8-4-5-11-27-18/h2-3,6-7,9-10,14,18H,4-5,8,11-13H2,1H3. The number of likely N-dealkylation sites (tertiary alicyclic amines) is 1. The summed E-state index contributed by atoms with van der Waals surface area (Å²) in [6.07, 6.45) is 2.49. The van der Waals surface area contributed by atoms with Crippen LogP contribution in [0.1, 0.15) is 25.3 Å². The molecule has 0 bridgehead atoms. The second-order valence-electron chi connectivity index (χ2n) is 6.95. The molecule has 2 fully saturated rings. The van der Waals surface area contributed by atoms with E-state index in [0.717, 1.165) is 24.8 Å². The molecule has 2 aliphatic heterocycles. The van der Waals surface area contributed by atoms with Crippen molar-refractivity contribution < 1.29 is 14.3 Å². The van der Waals surface area contributed by atoms with Crippen LogP contribution < -0.4 is 10.3 Å². The quantitative estimate of drug-likeness (QED) is 0.823. The van der Waals surface area contributed by atoms with Crippen molar-refractivity contribution in [1.82, 2.24) is 14.7 Å². The molecule has 142 valence electrons. The average molecular weight is 369 g/mol. The van der Waals surface area contributed by atoms with Crippen molar-refractivity contribution in [2.45, 2.75) is 31.4 Å². The molecule has 7 nitrogen and oxygen atoms in total. The number of hydrogen-bond donors (Lipinski definition) is 0. The topological polar surface area (TPSA) is 73.7 Å². The first-order chi connectivity index (χ1) is 13.2. The average Bonchev–Trinajstić information content (AvgIpc) is 2.69. The number of ether oxygens (including phenoxy) is 2. The van der Waals surface area contributed by atoms with E-state index in [0.29, 0.717) is 31.1 Å². The molecule has 2 aromatic rings. The summed E-state index contributed by atoms with van der Waals surface area (Å²) < 4.78 is 12.4. The Kier molecular flexibility index (Phi) is 4.94. The van der Waals surface area contributed by atoms with Gasteiger partial charge in [-0.3, -0.25) is 9.59 Å². The second-order valence-corrected chi connectivity index (χ2v) is 6.95. The van der Waals surface area contributed by atoms with Crippen molar-refractivity contribution in [3.8, 4) is 17.0 Å². The Morgan fingerprint density at radius 1 is 1.19 bits per heavy atom. The first kappa shape index (κ1) is 17.7. The lowest BCUT2D eigenvalue weighted by Crippen LogP contribution is -2.56.